The minimum Gasteiger partial charge on any atom is -0.397 e. The molecular formula is C6H17NO. The van der Waals surface area contributed by atoms with Crippen LogP contribution in [0, 0.1) is 0 Å². The standard InChI is InChI=1S/C2H6O.2C2H4.H3N/c1-2-3;2*1-2;/h3H,2H2,1H3;2*1-2H2;1H3. The first-order valence-electron chi connectivity index (χ1n) is 2.02. The minimum absolute atomic E-state index is 0. The van der Waals surface area contributed by atoms with E-state index in [1.807, 2.05) is 0 Å². The summed E-state index contributed by atoms with van der Waals surface area (Å²) in [6.45, 7) is 13.9. The van der Waals surface area contributed by atoms with Crippen LogP contribution < -0.4 is 6.15 Å². The Labute approximate surface area is 52.1 Å². The van der Waals surface area contributed by atoms with Crippen LogP contribution in [0.2, 0.25) is 0 Å². The quantitative estimate of drug-likeness (QED) is 0.477. The van der Waals surface area contributed by atoms with Crippen molar-refractivity contribution in [2.45, 2.75) is 6.92 Å². The van der Waals surface area contributed by atoms with Crippen LogP contribution in [0.15, 0.2) is 26.3 Å². The van der Waals surface area contributed by atoms with Crippen molar-refractivity contribution in [2.24, 2.45) is 0 Å². The van der Waals surface area contributed by atoms with Crippen molar-refractivity contribution >= 4 is 0 Å². The highest BCUT2D eigenvalue weighted by Gasteiger charge is 1.34. The highest BCUT2D eigenvalue weighted by Crippen LogP contribution is 1.30. The third-order valence-corrected chi connectivity index (χ3v) is 0. The molecule has 2 heteroatoms. The van der Waals surface area contributed by atoms with Crippen LogP contribution in [0.3, 0.4) is 0 Å². The van der Waals surface area contributed by atoms with Gasteiger partial charge in [-0.2, -0.15) is 0 Å². The van der Waals surface area contributed by atoms with Crippen molar-refractivity contribution in [3.05, 3.63) is 26.3 Å². The van der Waals surface area contributed by atoms with Gasteiger partial charge in [-0.1, -0.05) is 0 Å². The van der Waals surface area contributed by atoms with Crippen molar-refractivity contribution < 1.29 is 5.11 Å². The summed E-state index contributed by atoms with van der Waals surface area (Å²) in [4.78, 5) is 0. The third kappa shape index (κ3) is 290. The summed E-state index contributed by atoms with van der Waals surface area (Å²) < 4.78 is 0. The van der Waals surface area contributed by atoms with E-state index in [9.17, 15) is 0 Å². The van der Waals surface area contributed by atoms with Crippen LogP contribution in [0.1, 0.15) is 6.92 Å². The lowest BCUT2D eigenvalue weighted by atomic mass is 10.9. The maximum Gasteiger partial charge on any atom is 0.0402 e. The molecule has 0 aromatic rings. The molecule has 0 aliphatic heterocycles. The second-order valence-corrected chi connectivity index (χ2v) is 0.316. The molecule has 0 saturated heterocycles. The minimum atomic E-state index is 0. The lowest BCUT2D eigenvalue weighted by molar-refractivity contribution is 0.318. The van der Waals surface area contributed by atoms with E-state index in [0.717, 1.165) is 0 Å². The molecule has 0 radical (unpaired) electrons. The maximum absolute atomic E-state index is 7.57. The summed E-state index contributed by atoms with van der Waals surface area (Å²) >= 11 is 0. The van der Waals surface area contributed by atoms with Gasteiger partial charge in [-0.25, -0.2) is 0 Å². The van der Waals surface area contributed by atoms with E-state index in [-0.39, 0.29) is 12.8 Å². The second-order valence-electron chi connectivity index (χ2n) is 0.316. The fourth-order valence-electron chi connectivity index (χ4n) is 0. The molecular weight excluding hydrogens is 102 g/mol. The van der Waals surface area contributed by atoms with Gasteiger partial charge in [-0.15, -0.1) is 26.3 Å². The Balaban J connectivity index is -0.0000000147. The average Bonchev–Trinajstić information content (AvgIpc) is 1.78. The van der Waals surface area contributed by atoms with Crippen LogP contribution in [0.4, 0.5) is 0 Å². The molecule has 0 heterocycles. The highest BCUT2D eigenvalue weighted by atomic mass is 16.2. The zero-order chi connectivity index (χ0) is 6.71. The topological polar surface area (TPSA) is 55.2 Å². The lowest BCUT2D eigenvalue weighted by Crippen LogP contribution is -1.57. The molecule has 0 aliphatic carbocycles. The number of hydrogen-bond acceptors (Lipinski definition) is 2. The Kier molecular flexibility index (Phi) is 3820. The van der Waals surface area contributed by atoms with Gasteiger partial charge in [-0.3, -0.25) is 0 Å². The Morgan fingerprint density at radius 1 is 1.12 bits per heavy atom. The van der Waals surface area contributed by atoms with Crippen molar-refractivity contribution in [2.75, 3.05) is 6.61 Å². The Bertz CT molecular complexity index is 16.0. The van der Waals surface area contributed by atoms with Gasteiger partial charge in [0.1, 0.15) is 0 Å². The number of aliphatic hydroxyl groups excluding tert-OH is 1. The first kappa shape index (κ1) is 26.2. The van der Waals surface area contributed by atoms with Crippen LogP contribution in [-0.4, -0.2) is 11.7 Å². The molecule has 0 bridgehead atoms. The van der Waals surface area contributed by atoms with Crippen molar-refractivity contribution in [3.63, 3.8) is 0 Å². The van der Waals surface area contributed by atoms with Gasteiger partial charge < -0.3 is 11.3 Å². The summed E-state index contributed by atoms with van der Waals surface area (Å²) in [5.41, 5.74) is 0. The van der Waals surface area contributed by atoms with Crippen LogP contribution in [0.25, 0.3) is 0 Å². The van der Waals surface area contributed by atoms with Crippen LogP contribution in [-0.2, 0) is 0 Å². The Hall–Kier alpha value is -0.600. The summed E-state index contributed by atoms with van der Waals surface area (Å²) in [7, 11) is 0. The largest absolute Gasteiger partial charge is 0.397 e. The third-order valence-electron chi connectivity index (χ3n) is 0. The number of rotatable bonds is 0. The number of aliphatic hydroxyl groups is 1. The molecule has 0 unspecified atom stereocenters. The zero-order valence-corrected chi connectivity index (χ0v) is 5.69. The molecule has 0 aliphatic rings. The first-order valence-corrected chi connectivity index (χ1v) is 2.02. The normalized spacial score (nSPS) is 3.25. The summed E-state index contributed by atoms with van der Waals surface area (Å²) in [5.74, 6) is 0. The van der Waals surface area contributed by atoms with Gasteiger partial charge >= 0.3 is 0 Å². The molecule has 4 N–H and O–H groups in total. The molecule has 2 nitrogen and oxygen atoms in total. The Morgan fingerprint density at radius 3 is 1.12 bits per heavy atom. The van der Waals surface area contributed by atoms with Crippen LogP contribution >= 0.6 is 0 Å². The molecule has 0 rings (SSSR count). The molecule has 8 heavy (non-hydrogen) atoms. The fourth-order valence-corrected chi connectivity index (χ4v) is 0. The Morgan fingerprint density at radius 2 is 1.12 bits per heavy atom. The molecule has 52 valence electrons. The van der Waals surface area contributed by atoms with E-state index in [1.54, 1.807) is 6.92 Å². The number of hydrogen-bond donors (Lipinski definition) is 2. The smallest absolute Gasteiger partial charge is 0.0402 e. The van der Waals surface area contributed by atoms with E-state index >= 15 is 0 Å². The summed E-state index contributed by atoms with van der Waals surface area (Å²) in [6.07, 6.45) is 0. The maximum atomic E-state index is 7.57. The highest BCUT2D eigenvalue weighted by molar-refractivity contribution is 4.22. The monoisotopic (exact) mass is 119 g/mol. The van der Waals surface area contributed by atoms with E-state index < -0.39 is 0 Å². The van der Waals surface area contributed by atoms with Gasteiger partial charge in [0.05, 0.1) is 0 Å². The van der Waals surface area contributed by atoms with Gasteiger partial charge in [0.25, 0.3) is 0 Å². The molecule has 0 aromatic carbocycles. The van der Waals surface area contributed by atoms with Gasteiger partial charge in [0.15, 0.2) is 0 Å². The van der Waals surface area contributed by atoms with Gasteiger partial charge in [-0.05, 0) is 6.92 Å². The van der Waals surface area contributed by atoms with E-state index in [0.29, 0.717) is 0 Å². The average molecular weight is 119 g/mol. The van der Waals surface area contributed by atoms with Crippen LogP contribution in [0.5, 0.6) is 0 Å². The summed E-state index contributed by atoms with van der Waals surface area (Å²) in [5, 5.41) is 7.57. The van der Waals surface area contributed by atoms with E-state index in [2.05, 4.69) is 26.3 Å². The summed E-state index contributed by atoms with van der Waals surface area (Å²) in [6, 6.07) is 0. The lowest BCUT2D eigenvalue weighted by Gasteiger charge is -1.52. The second kappa shape index (κ2) is 1170. The van der Waals surface area contributed by atoms with Crippen molar-refractivity contribution in [1.82, 2.24) is 6.15 Å². The molecule has 0 spiro atoms. The SMILES string of the molecule is C=C.C=C.CCO.N. The molecule has 0 fully saturated rings. The molecule has 0 atom stereocenters. The van der Waals surface area contributed by atoms with Crippen molar-refractivity contribution in [3.8, 4) is 0 Å². The fraction of sp³-hybridized carbons (Fsp3) is 0.333. The van der Waals surface area contributed by atoms with E-state index in [4.69, 9.17) is 5.11 Å². The predicted molar refractivity (Wildman–Crippen MR) is 40.3 cm³/mol. The zero-order valence-electron chi connectivity index (χ0n) is 5.69. The molecule has 0 amide bonds. The van der Waals surface area contributed by atoms with Gasteiger partial charge in [0.2, 0.25) is 0 Å². The van der Waals surface area contributed by atoms with E-state index in [1.165, 1.54) is 0 Å². The molecule has 0 saturated carbocycles. The van der Waals surface area contributed by atoms with Gasteiger partial charge in [0, 0.05) is 6.61 Å². The predicted octanol–water partition coefficient (Wildman–Crippen LogP) is 1.76. The first-order chi connectivity index (χ1) is 3.41. The van der Waals surface area contributed by atoms with Crippen molar-refractivity contribution in [1.29, 1.82) is 0 Å². The molecule has 0 aromatic heterocycles.